The largest absolute Gasteiger partial charge is 0.472 e. The molecule has 0 aromatic heterocycles. The minimum atomic E-state index is -4.37. The zero-order valence-electron chi connectivity index (χ0n) is 38.2. The van der Waals surface area contributed by atoms with E-state index in [1.807, 2.05) is 39.4 Å². The number of carbonyl (C=O) groups is 1. The summed E-state index contributed by atoms with van der Waals surface area (Å²) >= 11 is 0. The standard InChI is InChI=1S/C50H87N2O6P/c1-6-8-10-12-14-16-18-20-22-24-26-28-30-32-34-36-38-40-42-44-50(54)51-48(47-58-59(55,56)57-46-45-52(3,4)5)49(53)43-41-39-37-35-33-31-29-27-25-23-21-19-17-15-13-11-9-7-2/h8,10,14,16,20,22,26,28,32-35,38,40-41,43,48-49,53H,6-7,9,11-13,15,17-19,21,23-25,27,29-31,36-37,39,42,44-47H2,1-5H3,(H-,51,54,55,56)/p+1/b10-8-,16-14-,22-20-,28-26-,34-32-,35-33+,40-38-,43-41+. The highest BCUT2D eigenvalue weighted by molar-refractivity contribution is 7.47. The van der Waals surface area contributed by atoms with Crippen molar-refractivity contribution in [3.8, 4) is 0 Å². The molecule has 0 rings (SSSR count). The van der Waals surface area contributed by atoms with E-state index in [1.54, 1.807) is 6.08 Å². The quantitative estimate of drug-likeness (QED) is 0.0246. The minimum absolute atomic E-state index is 0.0372. The fourth-order valence-electron chi connectivity index (χ4n) is 5.90. The molecular formula is C50H88N2O6P+. The Hall–Kier alpha value is -2.58. The van der Waals surface area contributed by atoms with E-state index >= 15 is 0 Å². The fourth-order valence-corrected chi connectivity index (χ4v) is 6.64. The monoisotopic (exact) mass is 844 g/mol. The van der Waals surface area contributed by atoms with E-state index in [9.17, 15) is 19.4 Å². The van der Waals surface area contributed by atoms with Crippen LogP contribution in [0.25, 0.3) is 0 Å². The number of hydrogen-bond donors (Lipinski definition) is 3. The number of phosphoric ester groups is 1. The third-order valence-corrected chi connectivity index (χ3v) is 10.5. The summed E-state index contributed by atoms with van der Waals surface area (Å²) in [6.07, 6.45) is 57.9. The number of phosphoric acid groups is 1. The third kappa shape index (κ3) is 43.3. The van der Waals surface area contributed by atoms with Gasteiger partial charge in [0.1, 0.15) is 13.2 Å². The number of amides is 1. The van der Waals surface area contributed by atoms with Crippen LogP contribution in [-0.4, -0.2) is 73.4 Å². The molecule has 0 radical (unpaired) electrons. The molecule has 0 saturated heterocycles. The summed E-state index contributed by atoms with van der Waals surface area (Å²) in [5.41, 5.74) is 0. The zero-order valence-corrected chi connectivity index (χ0v) is 39.1. The average Bonchev–Trinajstić information content (AvgIpc) is 3.19. The molecule has 0 aliphatic heterocycles. The van der Waals surface area contributed by atoms with Crippen molar-refractivity contribution in [2.75, 3.05) is 40.9 Å². The van der Waals surface area contributed by atoms with E-state index in [0.29, 0.717) is 17.4 Å². The number of quaternary nitrogens is 1. The number of nitrogens with one attached hydrogen (secondary N) is 1. The normalized spacial score (nSPS) is 15.2. The zero-order chi connectivity index (χ0) is 43.6. The Morgan fingerprint density at radius 2 is 1.03 bits per heavy atom. The molecule has 8 nitrogen and oxygen atoms in total. The molecule has 3 N–H and O–H groups in total. The summed E-state index contributed by atoms with van der Waals surface area (Å²) in [6.45, 7) is 4.60. The second kappa shape index (κ2) is 40.8. The molecule has 0 aliphatic carbocycles. The van der Waals surface area contributed by atoms with Crippen LogP contribution in [0.1, 0.15) is 162 Å². The highest BCUT2D eigenvalue weighted by Crippen LogP contribution is 2.43. The van der Waals surface area contributed by atoms with Crippen molar-refractivity contribution in [2.24, 2.45) is 0 Å². The number of likely N-dealkylation sites (N-methyl/N-ethyl adjacent to an activating group) is 1. The molecule has 0 spiro atoms. The van der Waals surface area contributed by atoms with Crippen molar-refractivity contribution in [1.29, 1.82) is 0 Å². The second-order valence-corrected chi connectivity index (χ2v) is 17.8. The summed E-state index contributed by atoms with van der Waals surface area (Å²) in [6, 6.07) is -0.909. The first-order chi connectivity index (χ1) is 28.5. The lowest BCUT2D eigenvalue weighted by Gasteiger charge is -2.25. The molecule has 3 atom stereocenters. The van der Waals surface area contributed by atoms with Gasteiger partial charge in [0.15, 0.2) is 0 Å². The molecule has 0 heterocycles. The number of rotatable bonds is 40. The van der Waals surface area contributed by atoms with Gasteiger partial charge < -0.3 is 19.8 Å². The Kier molecular flexibility index (Phi) is 39.0. The van der Waals surface area contributed by atoms with E-state index < -0.39 is 20.0 Å². The molecule has 0 saturated carbocycles. The highest BCUT2D eigenvalue weighted by Gasteiger charge is 2.27. The van der Waals surface area contributed by atoms with Crippen molar-refractivity contribution in [3.05, 3.63) is 97.2 Å². The number of unbranched alkanes of at least 4 members (excludes halogenated alkanes) is 13. The number of aliphatic hydroxyl groups is 1. The number of allylic oxidation sites excluding steroid dienone is 15. The van der Waals surface area contributed by atoms with Crippen LogP contribution in [0.5, 0.6) is 0 Å². The smallest absolute Gasteiger partial charge is 0.387 e. The Bertz CT molecular complexity index is 1280. The molecule has 0 aliphatic rings. The van der Waals surface area contributed by atoms with E-state index in [1.165, 1.54) is 77.0 Å². The summed E-state index contributed by atoms with van der Waals surface area (Å²) in [5.74, 6) is -0.273. The Labute approximate surface area is 362 Å². The molecule has 0 fully saturated rings. The van der Waals surface area contributed by atoms with Crippen LogP contribution in [-0.2, 0) is 18.4 Å². The van der Waals surface area contributed by atoms with Gasteiger partial charge in [0.2, 0.25) is 5.91 Å². The lowest BCUT2D eigenvalue weighted by molar-refractivity contribution is -0.870. The fraction of sp³-hybridized carbons (Fsp3) is 0.660. The van der Waals surface area contributed by atoms with Crippen LogP contribution in [0.2, 0.25) is 0 Å². The van der Waals surface area contributed by atoms with Crippen LogP contribution in [0, 0.1) is 0 Å². The summed E-state index contributed by atoms with van der Waals surface area (Å²) in [7, 11) is 1.49. The molecule has 0 aromatic rings. The highest BCUT2D eigenvalue weighted by atomic mass is 31.2. The number of carbonyl (C=O) groups excluding carboxylic acids is 1. The second-order valence-electron chi connectivity index (χ2n) is 16.4. The molecule has 3 unspecified atom stereocenters. The lowest BCUT2D eigenvalue weighted by Crippen LogP contribution is -2.45. The van der Waals surface area contributed by atoms with Gasteiger partial charge in [-0.25, -0.2) is 4.57 Å². The predicted molar refractivity (Wildman–Crippen MR) is 253 cm³/mol. The SMILES string of the molecule is CC/C=C\C/C=C\C/C=C\C/C=C\C/C=C\C/C=C\CCC(=O)NC(COP(=O)(O)OCC[N+](C)(C)C)C(O)/C=C/CC/C=C/CCCCCCCCCCCCCC. The summed E-state index contributed by atoms with van der Waals surface area (Å²) < 4.78 is 23.5. The van der Waals surface area contributed by atoms with E-state index in [-0.39, 0.29) is 25.5 Å². The van der Waals surface area contributed by atoms with Crippen molar-refractivity contribution in [2.45, 2.75) is 174 Å². The number of aliphatic hydroxyl groups excluding tert-OH is 1. The molecule has 0 aromatic carbocycles. The van der Waals surface area contributed by atoms with E-state index in [0.717, 1.165) is 57.8 Å². The third-order valence-electron chi connectivity index (χ3n) is 9.55. The van der Waals surface area contributed by atoms with Gasteiger partial charge in [-0.15, -0.1) is 0 Å². The molecule has 9 heteroatoms. The van der Waals surface area contributed by atoms with Gasteiger partial charge >= 0.3 is 7.82 Å². The Balaban J connectivity index is 4.61. The molecule has 59 heavy (non-hydrogen) atoms. The molecule has 338 valence electrons. The molecule has 0 bridgehead atoms. The van der Waals surface area contributed by atoms with Crippen LogP contribution in [0.4, 0.5) is 0 Å². The first kappa shape index (κ1) is 56.4. The first-order valence-corrected chi connectivity index (χ1v) is 24.6. The number of hydrogen-bond acceptors (Lipinski definition) is 5. The first-order valence-electron chi connectivity index (χ1n) is 23.1. The van der Waals surface area contributed by atoms with Crippen LogP contribution >= 0.6 is 7.82 Å². The lowest BCUT2D eigenvalue weighted by atomic mass is 10.0. The summed E-state index contributed by atoms with van der Waals surface area (Å²) in [4.78, 5) is 23.1. The van der Waals surface area contributed by atoms with Gasteiger partial charge in [-0.2, -0.15) is 0 Å². The van der Waals surface area contributed by atoms with Crippen molar-refractivity contribution in [3.63, 3.8) is 0 Å². The average molecular weight is 844 g/mol. The van der Waals surface area contributed by atoms with E-state index in [4.69, 9.17) is 9.05 Å². The van der Waals surface area contributed by atoms with Gasteiger partial charge in [-0.1, -0.05) is 182 Å². The van der Waals surface area contributed by atoms with Crippen LogP contribution in [0.15, 0.2) is 97.2 Å². The van der Waals surface area contributed by atoms with Gasteiger partial charge in [0, 0.05) is 6.42 Å². The number of nitrogens with zero attached hydrogens (tertiary/aromatic N) is 1. The maximum Gasteiger partial charge on any atom is 0.472 e. The Morgan fingerprint density at radius 3 is 1.54 bits per heavy atom. The van der Waals surface area contributed by atoms with Gasteiger partial charge in [0.05, 0.1) is 39.9 Å². The van der Waals surface area contributed by atoms with Crippen molar-refractivity contribution >= 4 is 13.7 Å². The maximum atomic E-state index is 12.8. The minimum Gasteiger partial charge on any atom is -0.387 e. The van der Waals surface area contributed by atoms with Crippen LogP contribution in [0.3, 0.4) is 0 Å². The molecule has 1 amide bonds. The Morgan fingerprint density at radius 1 is 0.593 bits per heavy atom. The van der Waals surface area contributed by atoms with E-state index in [2.05, 4.69) is 92.1 Å². The predicted octanol–water partition coefficient (Wildman–Crippen LogP) is 13.1. The summed E-state index contributed by atoms with van der Waals surface area (Å²) in [5, 5.41) is 13.8. The van der Waals surface area contributed by atoms with Gasteiger partial charge in [-0.05, 0) is 70.6 Å². The van der Waals surface area contributed by atoms with Crippen molar-refractivity contribution < 1.29 is 32.9 Å². The van der Waals surface area contributed by atoms with Crippen molar-refractivity contribution in [1.82, 2.24) is 5.32 Å². The topological polar surface area (TPSA) is 105 Å². The van der Waals surface area contributed by atoms with Gasteiger partial charge in [0.25, 0.3) is 0 Å². The molecular weight excluding hydrogens is 756 g/mol. The maximum absolute atomic E-state index is 12.8. The van der Waals surface area contributed by atoms with Gasteiger partial charge in [-0.3, -0.25) is 13.8 Å². The van der Waals surface area contributed by atoms with Crippen LogP contribution < -0.4 is 5.32 Å².